The van der Waals surface area contributed by atoms with Gasteiger partial charge in [0.25, 0.3) is 0 Å². The molecule has 0 aliphatic carbocycles. The second kappa shape index (κ2) is 6.46. The Morgan fingerprint density at radius 2 is 2.27 bits per heavy atom. The first-order chi connectivity index (χ1) is 7.13. The third kappa shape index (κ3) is 4.49. The molecule has 0 saturated heterocycles. The van der Waals surface area contributed by atoms with Gasteiger partial charge in [-0.25, -0.2) is 4.39 Å². The Labute approximate surface area is 103 Å². The van der Waals surface area contributed by atoms with E-state index >= 15 is 0 Å². The fourth-order valence-electron chi connectivity index (χ4n) is 1.23. The number of hydrogen-bond acceptors (Lipinski definition) is 1. The van der Waals surface area contributed by atoms with E-state index in [2.05, 4.69) is 28.2 Å². The fourth-order valence-corrected chi connectivity index (χ4v) is 2.10. The minimum absolute atomic E-state index is 0.246. The molecular weight excluding hydrogens is 280 g/mol. The van der Waals surface area contributed by atoms with Gasteiger partial charge >= 0.3 is 0 Å². The summed E-state index contributed by atoms with van der Waals surface area (Å²) in [6.07, 6.45) is 1.03. The first-order valence-electron chi connectivity index (χ1n) is 4.86. The van der Waals surface area contributed by atoms with Crippen molar-refractivity contribution in [3.8, 4) is 0 Å². The minimum atomic E-state index is -0.246. The van der Waals surface area contributed by atoms with Crippen LogP contribution in [0.1, 0.15) is 18.9 Å². The van der Waals surface area contributed by atoms with Crippen LogP contribution in [0, 0.1) is 5.82 Å². The van der Waals surface area contributed by atoms with Crippen molar-refractivity contribution in [2.75, 3.05) is 5.33 Å². The lowest BCUT2D eigenvalue weighted by atomic mass is 10.2. The van der Waals surface area contributed by atoms with Gasteiger partial charge in [-0.2, -0.15) is 0 Å². The van der Waals surface area contributed by atoms with Crippen LogP contribution in [0.2, 0.25) is 5.02 Å². The van der Waals surface area contributed by atoms with Gasteiger partial charge in [0.2, 0.25) is 0 Å². The molecule has 0 fully saturated rings. The van der Waals surface area contributed by atoms with E-state index in [1.54, 1.807) is 6.07 Å². The topological polar surface area (TPSA) is 12.0 Å². The van der Waals surface area contributed by atoms with E-state index in [4.69, 9.17) is 11.6 Å². The van der Waals surface area contributed by atoms with Crippen LogP contribution in [-0.4, -0.2) is 11.4 Å². The molecule has 4 heteroatoms. The van der Waals surface area contributed by atoms with E-state index < -0.39 is 0 Å². The highest BCUT2D eigenvalue weighted by Gasteiger charge is 2.04. The molecule has 1 N–H and O–H groups in total. The molecule has 84 valence electrons. The van der Waals surface area contributed by atoms with Gasteiger partial charge in [0, 0.05) is 22.9 Å². The van der Waals surface area contributed by atoms with Gasteiger partial charge in [-0.05, 0) is 37.1 Å². The first-order valence-corrected chi connectivity index (χ1v) is 6.36. The molecule has 15 heavy (non-hydrogen) atoms. The molecule has 1 aromatic rings. The smallest absolute Gasteiger partial charge is 0.123 e. The minimum Gasteiger partial charge on any atom is -0.310 e. The molecular formula is C11H14BrClFN. The maximum Gasteiger partial charge on any atom is 0.123 e. The van der Waals surface area contributed by atoms with E-state index in [0.717, 1.165) is 17.3 Å². The summed E-state index contributed by atoms with van der Waals surface area (Å²) in [5, 5.41) is 4.85. The third-order valence-electron chi connectivity index (χ3n) is 2.19. The summed E-state index contributed by atoms with van der Waals surface area (Å²) in [6, 6.07) is 4.82. The summed E-state index contributed by atoms with van der Waals surface area (Å²) in [5.74, 6) is -0.246. The lowest BCUT2D eigenvalue weighted by molar-refractivity contribution is 0.536. The molecule has 0 bridgehead atoms. The molecule has 0 amide bonds. The zero-order valence-electron chi connectivity index (χ0n) is 8.56. The third-order valence-corrected chi connectivity index (χ3v) is 3.02. The highest BCUT2D eigenvalue weighted by atomic mass is 79.9. The van der Waals surface area contributed by atoms with Crippen LogP contribution in [-0.2, 0) is 6.54 Å². The second-order valence-electron chi connectivity index (χ2n) is 3.50. The molecule has 0 spiro atoms. The Kier molecular flexibility index (Phi) is 5.58. The van der Waals surface area contributed by atoms with E-state index in [-0.39, 0.29) is 5.82 Å². The average Bonchev–Trinajstić information content (AvgIpc) is 2.20. The monoisotopic (exact) mass is 293 g/mol. The molecule has 1 aromatic carbocycles. The molecule has 1 atom stereocenters. The van der Waals surface area contributed by atoms with Gasteiger partial charge in [0.15, 0.2) is 0 Å². The molecule has 0 aliphatic rings. The zero-order valence-corrected chi connectivity index (χ0v) is 10.9. The number of halogens is 3. The molecule has 0 heterocycles. The van der Waals surface area contributed by atoms with Gasteiger partial charge in [0.05, 0.1) is 0 Å². The first kappa shape index (κ1) is 12.9. The average molecular weight is 295 g/mol. The Morgan fingerprint density at radius 1 is 1.53 bits per heavy atom. The molecule has 0 aliphatic heterocycles. The largest absolute Gasteiger partial charge is 0.310 e. The Balaban J connectivity index is 2.53. The lowest BCUT2D eigenvalue weighted by Gasteiger charge is -2.13. The summed E-state index contributed by atoms with van der Waals surface area (Å²) >= 11 is 9.32. The summed E-state index contributed by atoms with van der Waals surface area (Å²) in [4.78, 5) is 0. The summed E-state index contributed by atoms with van der Waals surface area (Å²) in [7, 11) is 0. The van der Waals surface area contributed by atoms with E-state index in [9.17, 15) is 4.39 Å². The molecule has 0 aromatic heterocycles. The van der Waals surface area contributed by atoms with Gasteiger partial charge in [-0.1, -0.05) is 27.5 Å². The summed E-state index contributed by atoms with van der Waals surface area (Å²) < 4.78 is 12.9. The quantitative estimate of drug-likeness (QED) is 0.816. The van der Waals surface area contributed by atoms with Crippen molar-refractivity contribution in [2.24, 2.45) is 0 Å². The van der Waals surface area contributed by atoms with E-state index in [1.165, 1.54) is 12.1 Å². The van der Waals surface area contributed by atoms with Crippen molar-refractivity contribution in [1.29, 1.82) is 0 Å². The van der Waals surface area contributed by atoms with Crippen LogP contribution in [0.5, 0.6) is 0 Å². The number of benzene rings is 1. The van der Waals surface area contributed by atoms with Crippen LogP contribution in [0.25, 0.3) is 0 Å². The molecule has 0 radical (unpaired) electrons. The van der Waals surface area contributed by atoms with Crippen LogP contribution in [0.15, 0.2) is 18.2 Å². The zero-order chi connectivity index (χ0) is 11.3. The van der Waals surface area contributed by atoms with Crippen LogP contribution < -0.4 is 5.32 Å². The molecule has 1 unspecified atom stereocenters. The van der Waals surface area contributed by atoms with E-state index in [0.29, 0.717) is 17.6 Å². The van der Waals surface area contributed by atoms with Crippen LogP contribution in [0.4, 0.5) is 4.39 Å². The van der Waals surface area contributed by atoms with Crippen molar-refractivity contribution in [3.05, 3.63) is 34.6 Å². The molecule has 1 rings (SSSR count). The Morgan fingerprint density at radius 3 is 2.93 bits per heavy atom. The molecule has 0 saturated carbocycles. The maximum atomic E-state index is 12.9. The number of alkyl halides is 1. The SMILES string of the molecule is CC(CCBr)NCc1cc(F)ccc1Cl. The highest BCUT2D eigenvalue weighted by Crippen LogP contribution is 2.16. The second-order valence-corrected chi connectivity index (χ2v) is 4.70. The number of hydrogen-bond donors (Lipinski definition) is 1. The number of nitrogens with one attached hydrogen (secondary N) is 1. The van der Waals surface area contributed by atoms with Gasteiger partial charge in [-0.3, -0.25) is 0 Å². The van der Waals surface area contributed by atoms with Crippen molar-refractivity contribution >= 4 is 27.5 Å². The van der Waals surface area contributed by atoms with Crippen molar-refractivity contribution in [2.45, 2.75) is 25.9 Å². The summed E-state index contributed by atoms with van der Waals surface area (Å²) in [6.45, 7) is 2.69. The number of rotatable bonds is 5. The van der Waals surface area contributed by atoms with Crippen molar-refractivity contribution in [3.63, 3.8) is 0 Å². The van der Waals surface area contributed by atoms with Crippen molar-refractivity contribution in [1.82, 2.24) is 5.32 Å². The van der Waals surface area contributed by atoms with Crippen molar-refractivity contribution < 1.29 is 4.39 Å². The van der Waals surface area contributed by atoms with Gasteiger partial charge < -0.3 is 5.32 Å². The predicted molar refractivity (Wildman–Crippen MR) is 66.1 cm³/mol. The molecule has 1 nitrogen and oxygen atoms in total. The van der Waals surface area contributed by atoms with E-state index in [1.807, 2.05) is 0 Å². The fraction of sp³-hybridized carbons (Fsp3) is 0.455. The van der Waals surface area contributed by atoms with Gasteiger partial charge in [0.1, 0.15) is 5.82 Å². The predicted octanol–water partition coefficient (Wildman–Crippen LogP) is 3.74. The Bertz CT molecular complexity index is 319. The Hall–Kier alpha value is -0.120. The van der Waals surface area contributed by atoms with Gasteiger partial charge in [-0.15, -0.1) is 0 Å². The summed E-state index contributed by atoms with van der Waals surface area (Å²) in [5.41, 5.74) is 0.804. The standard InChI is InChI=1S/C11H14BrClFN/c1-8(4-5-12)15-7-9-6-10(14)2-3-11(9)13/h2-3,6,8,15H,4-5,7H2,1H3. The maximum absolute atomic E-state index is 12.9. The van der Waals surface area contributed by atoms with Crippen LogP contribution in [0.3, 0.4) is 0 Å². The highest BCUT2D eigenvalue weighted by molar-refractivity contribution is 9.09. The normalized spacial score (nSPS) is 12.8. The lowest BCUT2D eigenvalue weighted by Crippen LogP contribution is -2.25. The van der Waals surface area contributed by atoms with Crippen LogP contribution >= 0.6 is 27.5 Å².